The van der Waals surface area contributed by atoms with Crippen LogP contribution >= 0.6 is 0 Å². The van der Waals surface area contributed by atoms with E-state index in [0.29, 0.717) is 17.5 Å². The fourth-order valence-corrected chi connectivity index (χ4v) is 5.17. The second-order valence-electron chi connectivity index (χ2n) is 7.16. The third-order valence-corrected chi connectivity index (χ3v) is 6.61. The molecule has 10 nitrogen and oxygen atoms in total. The molecule has 1 N–H and O–H groups in total. The molecule has 3 heterocycles. The highest BCUT2D eigenvalue weighted by molar-refractivity contribution is 7.91. The number of hydrogen-bond acceptors (Lipinski definition) is 7. The molecule has 1 aliphatic heterocycles. The van der Waals surface area contributed by atoms with Crippen molar-refractivity contribution in [2.24, 2.45) is 0 Å². The van der Waals surface area contributed by atoms with E-state index in [1.807, 2.05) is 0 Å². The number of carbonyl (C=O) groups is 1. The highest BCUT2D eigenvalue weighted by atomic mass is 32.2. The first-order valence-electron chi connectivity index (χ1n) is 9.30. The first-order valence-corrected chi connectivity index (χ1v) is 11.1. The highest BCUT2D eigenvalue weighted by Crippen LogP contribution is 2.26. The first kappa shape index (κ1) is 21.8. The first-order chi connectivity index (χ1) is 15.0. The van der Waals surface area contributed by atoms with Gasteiger partial charge in [0.1, 0.15) is 17.8 Å². The monoisotopic (exact) mass is 471 g/mol. The van der Waals surface area contributed by atoms with E-state index < -0.39 is 46.1 Å². The molecule has 0 radical (unpaired) electrons. The van der Waals surface area contributed by atoms with E-state index >= 15 is 0 Å². The Morgan fingerprint density at radius 2 is 1.91 bits per heavy atom. The van der Waals surface area contributed by atoms with Gasteiger partial charge < -0.3 is 10.1 Å². The van der Waals surface area contributed by atoms with Crippen LogP contribution in [0.1, 0.15) is 12.5 Å². The van der Waals surface area contributed by atoms with Crippen LogP contribution in [-0.4, -0.2) is 51.5 Å². The number of rotatable bonds is 5. The van der Waals surface area contributed by atoms with Gasteiger partial charge in [0, 0.05) is 5.69 Å². The van der Waals surface area contributed by atoms with Crippen LogP contribution in [-0.2, 0) is 21.2 Å². The number of hydrogen-bond donors (Lipinski definition) is 1. The van der Waals surface area contributed by atoms with E-state index in [9.17, 15) is 31.2 Å². The van der Waals surface area contributed by atoms with Crippen LogP contribution in [0.15, 0.2) is 41.5 Å². The summed E-state index contributed by atoms with van der Waals surface area (Å²) in [4.78, 5) is 28.4. The number of carbonyl (C=O) groups excluding carboxylic acids is 1. The second-order valence-corrected chi connectivity index (χ2v) is 9.39. The molecule has 3 aromatic rings. The third kappa shape index (κ3) is 4.74. The fourth-order valence-electron chi connectivity index (χ4n) is 3.48. The van der Waals surface area contributed by atoms with Crippen molar-refractivity contribution in [1.82, 2.24) is 19.3 Å². The fraction of sp³-hybridized carbons (Fsp3) is 0.333. The number of nitrogens with one attached hydrogen (secondary N) is 1. The van der Waals surface area contributed by atoms with Gasteiger partial charge in [-0.15, -0.1) is 13.2 Å². The van der Waals surface area contributed by atoms with Crippen LogP contribution < -0.4 is 15.7 Å². The average Bonchev–Trinajstić information content (AvgIpc) is 3.27. The van der Waals surface area contributed by atoms with E-state index in [0.717, 1.165) is 16.7 Å². The quantitative estimate of drug-likeness (QED) is 0.598. The average molecular weight is 471 g/mol. The number of aromatic nitrogens is 4. The minimum absolute atomic E-state index is 0.0430. The summed E-state index contributed by atoms with van der Waals surface area (Å²) < 4.78 is 66.6. The Morgan fingerprint density at radius 3 is 2.53 bits per heavy atom. The number of alkyl halides is 3. The molecule has 1 saturated heterocycles. The molecule has 1 unspecified atom stereocenters. The number of amides is 1. The van der Waals surface area contributed by atoms with Gasteiger partial charge in [-0.2, -0.15) is 10.1 Å². The summed E-state index contributed by atoms with van der Waals surface area (Å²) in [5, 5.41) is 6.67. The second kappa shape index (κ2) is 7.93. The number of benzene rings is 1. The summed E-state index contributed by atoms with van der Waals surface area (Å²) >= 11 is 0. The van der Waals surface area contributed by atoms with Gasteiger partial charge in [0.2, 0.25) is 5.91 Å². The van der Waals surface area contributed by atoms with Gasteiger partial charge in [-0.05, 0) is 30.7 Å². The van der Waals surface area contributed by atoms with Crippen molar-refractivity contribution in [3.8, 4) is 5.75 Å². The molecular weight excluding hydrogens is 455 g/mol. The minimum Gasteiger partial charge on any atom is -0.406 e. The maximum Gasteiger partial charge on any atom is 0.573 e. The van der Waals surface area contributed by atoms with Crippen LogP contribution in [0.25, 0.3) is 11.0 Å². The van der Waals surface area contributed by atoms with Gasteiger partial charge in [0.25, 0.3) is 0 Å². The molecule has 2 aromatic heterocycles. The Labute approximate surface area is 178 Å². The summed E-state index contributed by atoms with van der Waals surface area (Å²) in [5.74, 6) is -1.09. The predicted molar refractivity (Wildman–Crippen MR) is 106 cm³/mol. The van der Waals surface area contributed by atoms with E-state index in [-0.39, 0.29) is 17.2 Å². The molecule has 0 bridgehead atoms. The lowest BCUT2D eigenvalue weighted by Gasteiger charge is -2.12. The number of nitrogens with zero attached hydrogens (tertiary/aromatic N) is 4. The maximum absolute atomic E-state index is 12.4. The van der Waals surface area contributed by atoms with Crippen molar-refractivity contribution in [1.29, 1.82) is 0 Å². The van der Waals surface area contributed by atoms with E-state index in [2.05, 4.69) is 20.1 Å². The summed E-state index contributed by atoms with van der Waals surface area (Å²) in [6.45, 7) is -0.432. The highest BCUT2D eigenvalue weighted by Gasteiger charge is 2.32. The number of fused-ring (bicyclic) bond motifs is 1. The summed E-state index contributed by atoms with van der Waals surface area (Å²) in [5.41, 5.74) is 0.205. The number of anilines is 1. The Kier molecular flexibility index (Phi) is 5.40. The van der Waals surface area contributed by atoms with Gasteiger partial charge in [0.15, 0.2) is 9.84 Å². The van der Waals surface area contributed by atoms with Gasteiger partial charge in [-0.25, -0.2) is 13.2 Å². The Balaban J connectivity index is 1.52. The lowest BCUT2D eigenvalue weighted by Crippen LogP contribution is -2.29. The van der Waals surface area contributed by atoms with Crippen molar-refractivity contribution < 1.29 is 31.1 Å². The minimum atomic E-state index is -4.83. The van der Waals surface area contributed by atoms with E-state index in [4.69, 9.17) is 0 Å². The van der Waals surface area contributed by atoms with Crippen molar-refractivity contribution >= 4 is 32.5 Å². The molecule has 1 amide bonds. The Hall–Kier alpha value is -3.42. The number of ether oxygens (including phenoxy) is 1. The molecular formula is C18H16F3N5O5S. The molecule has 1 atom stereocenters. The smallest absolute Gasteiger partial charge is 0.406 e. The Morgan fingerprint density at radius 1 is 1.19 bits per heavy atom. The summed E-state index contributed by atoms with van der Waals surface area (Å²) in [6, 6.07) is 4.13. The van der Waals surface area contributed by atoms with Crippen molar-refractivity contribution in [2.45, 2.75) is 25.4 Å². The largest absolute Gasteiger partial charge is 0.573 e. The van der Waals surface area contributed by atoms with Crippen molar-refractivity contribution in [3.05, 3.63) is 47.1 Å². The molecule has 0 spiro atoms. The van der Waals surface area contributed by atoms with Crippen LogP contribution in [0.2, 0.25) is 0 Å². The zero-order valence-electron chi connectivity index (χ0n) is 16.2. The lowest BCUT2D eigenvalue weighted by atomic mass is 10.2. The lowest BCUT2D eigenvalue weighted by molar-refractivity contribution is -0.274. The van der Waals surface area contributed by atoms with Gasteiger partial charge in [-0.3, -0.25) is 14.0 Å². The zero-order chi connectivity index (χ0) is 23.1. The van der Waals surface area contributed by atoms with Crippen molar-refractivity contribution in [2.75, 3.05) is 16.8 Å². The summed E-state index contributed by atoms with van der Waals surface area (Å²) in [7, 11) is -3.16. The van der Waals surface area contributed by atoms with Crippen LogP contribution in [0.3, 0.4) is 0 Å². The molecule has 32 heavy (non-hydrogen) atoms. The molecule has 1 aliphatic rings. The molecule has 0 aliphatic carbocycles. The third-order valence-electron chi connectivity index (χ3n) is 4.86. The Bertz CT molecular complexity index is 1330. The SMILES string of the molecule is O=C(Cn1c(=O)ncc2c1cnn2C1CCS(=O)(=O)C1)Nc1ccc(OC(F)(F)F)cc1. The van der Waals surface area contributed by atoms with E-state index in [1.54, 1.807) is 0 Å². The zero-order valence-corrected chi connectivity index (χ0v) is 17.1. The molecule has 1 aromatic carbocycles. The van der Waals surface area contributed by atoms with Gasteiger partial charge in [-0.1, -0.05) is 0 Å². The molecule has 0 saturated carbocycles. The maximum atomic E-state index is 12.4. The van der Waals surface area contributed by atoms with Crippen LogP contribution in [0.4, 0.5) is 18.9 Å². The molecule has 170 valence electrons. The number of halogens is 3. The van der Waals surface area contributed by atoms with Crippen molar-refractivity contribution in [3.63, 3.8) is 0 Å². The molecule has 14 heteroatoms. The predicted octanol–water partition coefficient (Wildman–Crippen LogP) is 1.49. The van der Waals surface area contributed by atoms with Crippen LogP contribution in [0, 0.1) is 0 Å². The normalized spacial score (nSPS) is 18.0. The topological polar surface area (TPSA) is 125 Å². The van der Waals surface area contributed by atoms with Crippen LogP contribution in [0.5, 0.6) is 5.75 Å². The van der Waals surface area contributed by atoms with E-state index in [1.165, 1.54) is 29.2 Å². The standard InChI is InChI=1S/C18H16F3N5O5S/c19-18(20,21)31-13-3-1-11(2-4-13)24-16(27)9-25-14-8-23-26(15(14)7-22-17(25)28)12-5-6-32(29,30)10-12/h1-4,7-8,12H,5-6,9-10H2,(H,24,27). The molecule has 1 fully saturated rings. The van der Waals surface area contributed by atoms with Gasteiger partial charge >= 0.3 is 12.1 Å². The number of sulfone groups is 1. The molecule has 4 rings (SSSR count). The van der Waals surface area contributed by atoms with Gasteiger partial charge in [0.05, 0.1) is 35.5 Å². The summed E-state index contributed by atoms with van der Waals surface area (Å²) in [6.07, 6.45) is -1.80.